The lowest BCUT2D eigenvalue weighted by molar-refractivity contribution is 0.499. The monoisotopic (exact) mass is 241 g/mol. The molecule has 1 aromatic heterocycles. The van der Waals surface area contributed by atoms with E-state index in [1.807, 2.05) is 0 Å². The van der Waals surface area contributed by atoms with Gasteiger partial charge < -0.3 is 5.32 Å². The van der Waals surface area contributed by atoms with Crippen molar-refractivity contribution < 1.29 is 8.42 Å². The molecule has 88 valence electrons. The summed E-state index contributed by atoms with van der Waals surface area (Å²) in [6, 6.07) is 5.15. The van der Waals surface area contributed by atoms with E-state index in [0.717, 1.165) is 13.0 Å². The van der Waals surface area contributed by atoms with Gasteiger partial charge in [-0.15, -0.1) is 0 Å². The van der Waals surface area contributed by atoms with E-state index in [9.17, 15) is 8.42 Å². The van der Waals surface area contributed by atoms with Crippen LogP contribution < -0.4 is 10.0 Å². The van der Waals surface area contributed by atoms with Crippen LogP contribution in [0.15, 0.2) is 24.4 Å². The second kappa shape index (κ2) is 4.80. The van der Waals surface area contributed by atoms with Gasteiger partial charge in [-0.25, -0.2) is 13.4 Å². The van der Waals surface area contributed by atoms with Gasteiger partial charge in [0.05, 0.1) is 5.25 Å². The van der Waals surface area contributed by atoms with Gasteiger partial charge in [0.2, 0.25) is 10.0 Å². The van der Waals surface area contributed by atoms with Crippen LogP contribution in [0, 0.1) is 0 Å². The van der Waals surface area contributed by atoms with Gasteiger partial charge in [-0.05, 0) is 31.5 Å². The fourth-order valence-electron chi connectivity index (χ4n) is 1.74. The molecule has 0 radical (unpaired) electrons. The van der Waals surface area contributed by atoms with E-state index in [4.69, 9.17) is 0 Å². The Morgan fingerprint density at radius 1 is 1.44 bits per heavy atom. The number of anilines is 1. The molecule has 1 unspecified atom stereocenters. The Labute approximate surface area is 95.3 Å². The minimum Gasteiger partial charge on any atom is -0.315 e. The number of piperidine rings is 1. The van der Waals surface area contributed by atoms with Crippen molar-refractivity contribution in [3.8, 4) is 0 Å². The molecule has 1 fully saturated rings. The van der Waals surface area contributed by atoms with Gasteiger partial charge in [-0.2, -0.15) is 0 Å². The zero-order valence-electron chi connectivity index (χ0n) is 8.89. The second-order valence-electron chi connectivity index (χ2n) is 3.83. The molecule has 5 nitrogen and oxygen atoms in total. The number of aromatic nitrogens is 1. The lowest BCUT2D eigenvalue weighted by atomic mass is 10.2. The zero-order valence-corrected chi connectivity index (χ0v) is 9.70. The van der Waals surface area contributed by atoms with Gasteiger partial charge in [0.25, 0.3) is 0 Å². The molecule has 0 spiro atoms. The summed E-state index contributed by atoms with van der Waals surface area (Å²) in [5, 5.41) is 2.73. The lowest BCUT2D eigenvalue weighted by Crippen LogP contribution is -2.41. The summed E-state index contributed by atoms with van der Waals surface area (Å²) in [7, 11) is -3.31. The molecule has 1 aliphatic rings. The Balaban J connectivity index is 2.08. The molecule has 0 amide bonds. The van der Waals surface area contributed by atoms with Crippen LogP contribution >= 0.6 is 0 Å². The first-order valence-corrected chi connectivity index (χ1v) is 6.86. The minimum atomic E-state index is -3.31. The second-order valence-corrected chi connectivity index (χ2v) is 5.79. The maximum atomic E-state index is 12.0. The lowest BCUT2D eigenvalue weighted by Gasteiger charge is -2.22. The summed E-state index contributed by atoms with van der Waals surface area (Å²) in [5.41, 5.74) is 0. The summed E-state index contributed by atoms with van der Waals surface area (Å²) < 4.78 is 26.4. The van der Waals surface area contributed by atoms with E-state index in [1.165, 1.54) is 0 Å². The number of nitrogens with zero attached hydrogens (tertiary/aromatic N) is 1. The third-order valence-corrected chi connectivity index (χ3v) is 4.38. The van der Waals surface area contributed by atoms with E-state index in [1.54, 1.807) is 24.4 Å². The van der Waals surface area contributed by atoms with E-state index in [-0.39, 0.29) is 5.25 Å². The van der Waals surface area contributed by atoms with Crippen LogP contribution in [0.5, 0.6) is 0 Å². The molecule has 0 bridgehead atoms. The third-order valence-electron chi connectivity index (χ3n) is 2.60. The van der Waals surface area contributed by atoms with E-state index < -0.39 is 10.0 Å². The standard InChI is InChI=1S/C10H15N3O2S/c14-16(15,9-4-3-6-11-8-9)13-10-5-1-2-7-12-10/h1-2,5,7,9,11H,3-4,6,8H2,(H,12,13). The van der Waals surface area contributed by atoms with Crippen molar-refractivity contribution in [3.63, 3.8) is 0 Å². The molecule has 0 aliphatic carbocycles. The smallest absolute Gasteiger partial charge is 0.238 e. The summed E-state index contributed by atoms with van der Waals surface area (Å²) >= 11 is 0. The molecule has 0 saturated carbocycles. The molecule has 16 heavy (non-hydrogen) atoms. The predicted molar refractivity (Wildman–Crippen MR) is 62.7 cm³/mol. The Morgan fingerprint density at radius 3 is 2.94 bits per heavy atom. The van der Waals surface area contributed by atoms with Crippen molar-refractivity contribution in [2.75, 3.05) is 17.8 Å². The molecule has 0 aromatic carbocycles. The van der Waals surface area contributed by atoms with Crippen molar-refractivity contribution in [3.05, 3.63) is 24.4 Å². The van der Waals surface area contributed by atoms with Crippen LogP contribution in [0.25, 0.3) is 0 Å². The van der Waals surface area contributed by atoms with Crippen LogP contribution in [0.1, 0.15) is 12.8 Å². The van der Waals surface area contributed by atoms with E-state index in [0.29, 0.717) is 18.8 Å². The summed E-state index contributed by atoms with van der Waals surface area (Å²) in [4.78, 5) is 3.95. The first-order valence-electron chi connectivity index (χ1n) is 5.32. The molecular formula is C10H15N3O2S. The molecule has 2 heterocycles. The largest absolute Gasteiger partial charge is 0.315 e. The van der Waals surface area contributed by atoms with Crippen LogP contribution in [-0.2, 0) is 10.0 Å². The molecular weight excluding hydrogens is 226 g/mol. The number of hydrogen-bond donors (Lipinski definition) is 2. The molecule has 1 atom stereocenters. The third kappa shape index (κ3) is 2.70. The summed E-state index contributed by atoms with van der Waals surface area (Å²) in [6.45, 7) is 1.41. The minimum absolute atomic E-state index is 0.358. The van der Waals surface area contributed by atoms with E-state index in [2.05, 4.69) is 15.0 Å². The highest BCUT2D eigenvalue weighted by Gasteiger charge is 2.27. The van der Waals surface area contributed by atoms with Gasteiger partial charge in [0.1, 0.15) is 5.82 Å². The Morgan fingerprint density at radius 2 is 2.31 bits per heavy atom. The highest BCUT2D eigenvalue weighted by atomic mass is 32.2. The van der Waals surface area contributed by atoms with E-state index >= 15 is 0 Å². The Hall–Kier alpha value is -1.14. The zero-order chi connectivity index (χ0) is 11.4. The molecule has 1 saturated heterocycles. The average molecular weight is 241 g/mol. The van der Waals surface area contributed by atoms with Crippen LogP contribution in [0.4, 0.5) is 5.82 Å². The highest BCUT2D eigenvalue weighted by Crippen LogP contribution is 2.14. The summed E-state index contributed by atoms with van der Waals surface area (Å²) in [5.74, 6) is 0.382. The molecule has 6 heteroatoms. The van der Waals surface area contributed by atoms with Gasteiger partial charge in [0, 0.05) is 12.7 Å². The molecule has 1 aliphatic heterocycles. The van der Waals surface area contributed by atoms with Crippen LogP contribution in [0.2, 0.25) is 0 Å². The van der Waals surface area contributed by atoms with Gasteiger partial charge >= 0.3 is 0 Å². The van der Waals surface area contributed by atoms with Crippen molar-refractivity contribution in [2.24, 2.45) is 0 Å². The van der Waals surface area contributed by atoms with Crippen molar-refractivity contribution in [1.82, 2.24) is 10.3 Å². The Bertz CT molecular complexity index is 427. The molecule has 2 rings (SSSR count). The van der Waals surface area contributed by atoms with Gasteiger partial charge in [-0.1, -0.05) is 6.07 Å². The Kier molecular flexibility index (Phi) is 3.40. The fourth-order valence-corrected chi connectivity index (χ4v) is 3.13. The van der Waals surface area contributed by atoms with Gasteiger partial charge in [-0.3, -0.25) is 4.72 Å². The maximum Gasteiger partial charge on any atom is 0.238 e. The summed E-state index contributed by atoms with van der Waals surface area (Å²) in [6.07, 6.45) is 3.17. The number of hydrogen-bond acceptors (Lipinski definition) is 4. The van der Waals surface area contributed by atoms with Crippen molar-refractivity contribution in [2.45, 2.75) is 18.1 Å². The number of rotatable bonds is 3. The SMILES string of the molecule is O=S(=O)(Nc1ccccn1)C1CCCNC1. The van der Waals surface area contributed by atoms with Crippen molar-refractivity contribution in [1.29, 1.82) is 0 Å². The first kappa shape index (κ1) is 11.3. The average Bonchev–Trinajstić information content (AvgIpc) is 2.31. The number of sulfonamides is 1. The fraction of sp³-hybridized carbons (Fsp3) is 0.500. The van der Waals surface area contributed by atoms with Crippen molar-refractivity contribution >= 4 is 15.8 Å². The highest BCUT2D eigenvalue weighted by molar-refractivity contribution is 7.93. The first-order chi connectivity index (χ1) is 7.68. The molecule has 2 N–H and O–H groups in total. The van der Waals surface area contributed by atoms with Gasteiger partial charge in [0.15, 0.2) is 0 Å². The number of pyridine rings is 1. The normalized spacial score (nSPS) is 21.6. The van der Waals surface area contributed by atoms with Crippen LogP contribution in [0.3, 0.4) is 0 Å². The topological polar surface area (TPSA) is 71.1 Å². The number of nitrogens with one attached hydrogen (secondary N) is 2. The molecule has 1 aromatic rings. The quantitative estimate of drug-likeness (QED) is 0.812. The van der Waals surface area contributed by atoms with Crippen LogP contribution in [-0.4, -0.2) is 31.7 Å². The maximum absolute atomic E-state index is 12.0. The predicted octanol–water partition coefficient (Wildman–Crippen LogP) is 0.575.